The fourth-order valence-corrected chi connectivity index (χ4v) is 2.40. The molecule has 0 aliphatic heterocycles. The van der Waals surface area contributed by atoms with Crippen LogP contribution in [0.1, 0.15) is 59.3 Å². The van der Waals surface area contributed by atoms with E-state index in [0.717, 1.165) is 25.7 Å². The van der Waals surface area contributed by atoms with Gasteiger partial charge in [0.2, 0.25) is 5.91 Å². The molecule has 0 aromatic rings. The standard InChI is InChI=1S/C14H25NO3/c1-4-6-10-15(11(3)5-2)12(16)14(13(17)18)8-7-9-14/h11H,4-10H2,1-3H3,(H,17,18). The number of hydrogen-bond acceptors (Lipinski definition) is 2. The molecule has 0 aromatic heterocycles. The van der Waals surface area contributed by atoms with Crippen LogP contribution in [0, 0.1) is 5.41 Å². The number of amides is 1. The third kappa shape index (κ3) is 2.68. The minimum Gasteiger partial charge on any atom is -0.480 e. The van der Waals surface area contributed by atoms with Crippen LogP contribution in [-0.4, -0.2) is 34.5 Å². The van der Waals surface area contributed by atoms with Gasteiger partial charge in [-0.05, 0) is 32.6 Å². The Kier molecular flexibility index (Phi) is 5.17. The van der Waals surface area contributed by atoms with E-state index < -0.39 is 11.4 Å². The number of carbonyl (C=O) groups is 2. The van der Waals surface area contributed by atoms with Crippen LogP contribution in [0.2, 0.25) is 0 Å². The minimum absolute atomic E-state index is 0.126. The normalized spacial score (nSPS) is 18.8. The maximum atomic E-state index is 12.5. The van der Waals surface area contributed by atoms with Gasteiger partial charge < -0.3 is 10.0 Å². The van der Waals surface area contributed by atoms with Gasteiger partial charge in [0, 0.05) is 12.6 Å². The van der Waals surface area contributed by atoms with Crippen LogP contribution in [-0.2, 0) is 9.59 Å². The number of carboxylic acids is 1. The molecule has 1 N–H and O–H groups in total. The molecule has 1 fully saturated rings. The van der Waals surface area contributed by atoms with Crippen LogP contribution in [0.25, 0.3) is 0 Å². The Morgan fingerprint density at radius 2 is 1.94 bits per heavy atom. The Morgan fingerprint density at radius 3 is 2.28 bits per heavy atom. The first-order chi connectivity index (χ1) is 8.49. The molecule has 0 aromatic carbocycles. The Labute approximate surface area is 109 Å². The zero-order valence-electron chi connectivity index (χ0n) is 11.7. The Morgan fingerprint density at radius 1 is 1.33 bits per heavy atom. The third-order valence-electron chi connectivity index (χ3n) is 4.16. The zero-order chi connectivity index (χ0) is 13.8. The highest BCUT2D eigenvalue weighted by Crippen LogP contribution is 2.43. The highest BCUT2D eigenvalue weighted by Gasteiger charge is 2.53. The van der Waals surface area contributed by atoms with Crippen LogP contribution in [0.15, 0.2) is 0 Å². The van der Waals surface area contributed by atoms with Crippen molar-refractivity contribution in [2.75, 3.05) is 6.54 Å². The summed E-state index contributed by atoms with van der Waals surface area (Å²) in [6.45, 7) is 6.79. The van der Waals surface area contributed by atoms with Gasteiger partial charge >= 0.3 is 5.97 Å². The second kappa shape index (κ2) is 6.21. The van der Waals surface area contributed by atoms with E-state index in [-0.39, 0.29) is 11.9 Å². The predicted molar refractivity (Wildman–Crippen MR) is 70.3 cm³/mol. The molecule has 1 unspecified atom stereocenters. The lowest BCUT2D eigenvalue weighted by Gasteiger charge is -2.42. The van der Waals surface area contributed by atoms with E-state index in [9.17, 15) is 14.7 Å². The van der Waals surface area contributed by atoms with Crippen molar-refractivity contribution in [3.63, 3.8) is 0 Å². The minimum atomic E-state index is -1.11. The summed E-state index contributed by atoms with van der Waals surface area (Å²) in [7, 11) is 0. The summed E-state index contributed by atoms with van der Waals surface area (Å²) < 4.78 is 0. The molecule has 0 saturated heterocycles. The van der Waals surface area contributed by atoms with E-state index in [1.165, 1.54) is 0 Å². The van der Waals surface area contributed by atoms with Crippen molar-refractivity contribution in [2.45, 2.75) is 65.3 Å². The zero-order valence-corrected chi connectivity index (χ0v) is 11.7. The summed E-state index contributed by atoms with van der Waals surface area (Å²) in [5.74, 6) is -1.10. The Hall–Kier alpha value is -1.06. The predicted octanol–water partition coefficient (Wildman–Crippen LogP) is 2.67. The van der Waals surface area contributed by atoms with Crippen LogP contribution in [0.3, 0.4) is 0 Å². The van der Waals surface area contributed by atoms with Crippen molar-refractivity contribution >= 4 is 11.9 Å². The first-order valence-corrected chi connectivity index (χ1v) is 7.04. The topological polar surface area (TPSA) is 57.6 Å². The van der Waals surface area contributed by atoms with Gasteiger partial charge in [-0.3, -0.25) is 9.59 Å². The molecule has 0 spiro atoms. The van der Waals surface area contributed by atoms with Crippen molar-refractivity contribution < 1.29 is 14.7 Å². The highest BCUT2D eigenvalue weighted by atomic mass is 16.4. The van der Waals surface area contributed by atoms with Crippen LogP contribution < -0.4 is 0 Å². The highest BCUT2D eigenvalue weighted by molar-refractivity contribution is 6.02. The number of rotatable bonds is 7. The number of nitrogens with zero attached hydrogens (tertiary/aromatic N) is 1. The van der Waals surface area contributed by atoms with E-state index in [4.69, 9.17) is 0 Å². The molecule has 4 nitrogen and oxygen atoms in total. The molecule has 18 heavy (non-hydrogen) atoms. The molecule has 1 rings (SSSR count). The van der Waals surface area contributed by atoms with E-state index in [1.54, 1.807) is 4.90 Å². The molecular formula is C14H25NO3. The fraction of sp³-hybridized carbons (Fsp3) is 0.857. The summed E-state index contributed by atoms with van der Waals surface area (Å²) in [6, 6.07) is 0.126. The largest absolute Gasteiger partial charge is 0.480 e. The lowest BCUT2D eigenvalue weighted by Crippen LogP contribution is -2.55. The number of unbranched alkanes of at least 4 members (excludes halogenated alkanes) is 1. The van der Waals surface area contributed by atoms with E-state index in [1.807, 2.05) is 13.8 Å². The lowest BCUT2D eigenvalue weighted by molar-refractivity contribution is -0.168. The van der Waals surface area contributed by atoms with E-state index in [2.05, 4.69) is 6.92 Å². The molecule has 1 aliphatic rings. The van der Waals surface area contributed by atoms with Crippen molar-refractivity contribution in [1.29, 1.82) is 0 Å². The van der Waals surface area contributed by atoms with Crippen molar-refractivity contribution in [2.24, 2.45) is 5.41 Å². The molecule has 1 aliphatic carbocycles. The fourth-order valence-electron chi connectivity index (χ4n) is 2.40. The molecule has 0 heterocycles. The SMILES string of the molecule is CCCCN(C(=O)C1(C(=O)O)CCC1)C(C)CC. The first-order valence-electron chi connectivity index (χ1n) is 7.04. The monoisotopic (exact) mass is 255 g/mol. The van der Waals surface area contributed by atoms with E-state index >= 15 is 0 Å². The maximum absolute atomic E-state index is 12.5. The van der Waals surface area contributed by atoms with Gasteiger partial charge in [0.25, 0.3) is 0 Å². The first kappa shape index (κ1) is 15.0. The Balaban J connectivity index is 2.83. The van der Waals surface area contributed by atoms with Gasteiger partial charge in [0.05, 0.1) is 0 Å². The van der Waals surface area contributed by atoms with Crippen molar-refractivity contribution in [3.8, 4) is 0 Å². The van der Waals surface area contributed by atoms with Gasteiger partial charge in [-0.25, -0.2) is 0 Å². The molecule has 4 heteroatoms. The summed E-state index contributed by atoms with van der Waals surface area (Å²) >= 11 is 0. The molecule has 1 saturated carbocycles. The molecule has 104 valence electrons. The summed E-state index contributed by atoms with van der Waals surface area (Å²) in [4.78, 5) is 25.7. The van der Waals surface area contributed by atoms with Gasteiger partial charge in [-0.15, -0.1) is 0 Å². The second-order valence-electron chi connectivity index (χ2n) is 5.35. The van der Waals surface area contributed by atoms with Crippen molar-refractivity contribution in [1.82, 2.24) is 4.90 Å². The average Bonchev–Trinajstić information content (AvgIpc) is 2.27. The molecule has 0 radical (unpaired) electrons. The number of hydrogen-bond donors (Lipinski definition) is 1. The lowest BCUT2D eigenvalue weighted by atomic mass is 9.67. The van der Waals surface area contributed by atoms with E-state index in [0.29, 0.717) is 19.4 Å². The number of carboxylic acid groups (broad SMARTS) is 1. The maximum Gasteiger partial charge on any atom is 0.319 e. The van der Waals surface area contributed by atoms with Crippen LogP contribution >= 0.6 is 0 Å². The van der Waals surface area contributed by atoms with Crippen LogP contribution in [0.5, 0.6) is 0 Å². The molecule has 1 amide bonds. The van der Waals surface area contributed by atoms with Gasteiger partial charge in [0.15, 0.2) is 0 Å². The van der Waals surface area contributed by atoms with Crippen LogP contribution in [0.4, 0.5) is 0 Å². The summed E-state index contributed by atoms with van der Waals surface area (Å²) in [5.41, 5.74) is -1.11. The number of aliphatic carboxylic acids is 1. The smallest absolute Gasteiger partial charge is 0.319 e. The van der Waals surface area contributed by atoms with Gasteiger partial charge in [-0.2, -0.15) is 0 Å². The summed E-state index contributed by atoms with van der Waals surface area (Å²) in [6.07, 6.45) is 4.66. The molecule has 1 atom stereocenters. The third-order valence-corrected chi connectivity index (χ3v) is 4.16. The quantitative estimate of drug-likeness (QED) is 0.711. The number of carbonyl (C=O) groups excluding carboxylic acids is 1. The second-order valence-corrected chi connectivity index (χ2v) is 5.35. The van der Waals surface area contributed by atoms with Crippen molar-refractivity contribution in [3.05, 3.63) is 0 Å². The Bertz CT molecular complexity index is 310. The average molecular weight is 255 g/mol. The van der Waals surface area contributed by atoms with Gasteiger partial charge in [0.1, 0.15) is 5.41 Å². The molecule has 0 bridgehead atoms. The van der Waals surface area contributed by atoms with Gasteiger partial charge in [-0.1, -0.05) is 26.7 Å². The summed E-state index contributed by atoms with van der Waals surface area (Å²) in [5, 5.41) is 9.34. The molecular weight excluding hydrogens is 230 g/mol.